The van der Waals surface area contributed by atoms with Crippen LogP contribution < -0.4 is 24.2 Å². The Bertz CT molecular complexity index is 3200. The van der Waals surface area contributed by atoms with Crippen LogP contribution in [0.1, 0.15) is 46.0 Å². The molecule has 386 valence electrons. The topological polar surface area (TPSA) is 325 Å². The molecule has 0 radical (unpaired) electrons. The lowest BCUT2D eigenvalue weighted by Crippen LogP contribution is -2.35. The third kappa shape index (κ3) is 16.7. The molecule has 6 rings (SSSR count). The van der Waals surface area contributed by atoms with Crippen molar-refractivity contribution < 1.29 is 84.4 Å². The number of pyridine rings is 1. The molecule has 4 N–H and O–H groups in total. The molecule has 1 atom stereocenters. The molecule has 0 saturated carbocycles. The molecular weight excluding hydrogens is 1160 g/mol. The highest BCUT2D eigenvalue weighted by atomic mass is 127. The van der Waals surface area contributed by atoms with Gasteiger partial charge in [-0.25, -0.2) is 37.1 Å². The number of rotatable bonds is 15. The van der Waals surface area contributed by atoms with E-state index in [0.717, 1.165) is 47.9 Å². The van der Waals surface area contributed by atoms with E-state index < -0.39 is 91.0 Å². The molecule has 0 bridgehead atoms. The van der Waals surface area contributed by atoms with Gasteiger partial charge in [0.2, 0.25) is 5.95 Å². The summed E-state index contributed by atoms with van der Waals surface area (Å²) in [7, 11) is -3.14. The molecule has 0 saturated heterocycles. The number of nitro benzene ring substituents is 1. The smallest absolute Gasteiger partial charge is 0.416 e. The Kier molecular flexibility index (Phi) is 20.3. The van der Waals surface area contributed by atoms with E-state index in [-0.39, 0.29) is 40.9 Å². The van der Waals surface area contributed by atoms with Crippen molar-refractivity contribution in [2.75, 3.05) is 25.6 Å². The molecule has 1 unspecified atom stereocenters. The predicted octanol–water partition coefficient (Wildman–Crippen LogP) is 8.52. The number of methoxy groups -OCH3 is 1. The number of amides is 2. The number of halogens is 6. The van der Waals surface area contributed by atoms with E-state index in [1.165, 1.54) is 27.0 Å². The van der Waals surface area contributed by atoms with Gasteiger partial charge in [-0.15, -0.1) is 0 Å². The average molecular weight is 1190 g/mol. The quantitative estimate of drug-likeness (QED) is 0.0324. The summed E-state index contributed by atoms with van der Waals surface area (Å²) in [4.78, 5) is 83.0. The van der Waals surface area contributed by atoms with Crippen LogP contribution in [0.3, 0.4) is 0 Å². The van der Waals surface area contributed by atoms with Crippen LogP contribution in [-0.4, -0.2) is 99.8 Å². The number of alkyl halides is 3. The number of aromatic nitrogens is 4. The fourth-order valence-corrected chi connectivity index (χ4v) is 7.76. The first-order valence-electron chi connectivity index (χ1n) is 20.0. The van der Waals surface area contributed by atoms with Gasteiger partial charge in [-0.1, -0.05) is 23.2 Å². The van der Waals surface area contributed by atoms with Crippen LogP contribution in [0.4, 0.5) is 29.6 Å². The monoisotopic (exact) mass is 1190 g/mol. The van der Waals surface area contributed by atoms with Crippen molar-refractivity contribution in [3.8, 4) is 23.3 Å². The van der Waals surface area contributed by atoms with E-state index in [9.17, 15) is 55.7 Å². The minimum atomic E-state index is -4.61. The van der Waals surface area contributed by atoms with Gasteiger partial charge in [0.25, 0.3) is 15.7 Å². The summed E-state index contributed by atoms with van der Waals surface area (Å²) in [6.45, 7) is 3.94. The van der Waals surface area contributed by atoms with E-state index in [4.69, 9.17) is 57.1 Å². The van der Waals surface area contributed by atoms with Gasteiger partial charge in [-0.2, -0.15) is 28.1 Å². The number of ether oxygens (including phenoxy) is 5. The fourth-order valence-electron chi connectivity index (χ4n) is 5.49. The zero-order valence-electron chi connectivity index (χ0n) is 37.6. The van der Waals surface area contributed by atoms with Gasteiger partial charge in [-0.3, -0.25) is 20.4 Å². The van der Waals surface area contributed by atoms with E-state index >= 15 is 0 Å². The number of aliphatic carboxylic acids is 1. The maximum atomic E-state index is 12.8. The number of sulfonamides is 1. The SMILES string of the molecule is CCOC(=O)C(C)OC(=O)c1cc(Oc2ccc(C(F)(F)F)cc2Cl)ccc1[N+](=O)[O-].COc1nc(C)nc(NC(=O)NS(=O)(=O)c2cc(I)ccc2C(=O)O)n1.O=C(O)COc1ccc(Cl)c2cccnc12. The minimum absolute atomic E-state index is 0.0398. The van der Waals surface area contributed by atoms with Crippen molar-refractivity contribution in [1.29, 1.82) is 0 Å². The number of hydrogen-bond donors (Lipinski definition) is 4. The number of urea groups is 1. The molecule has 0 spiro atoms. The van der Waals surface area contributed by atoms with Crippen molar-refractivity contribution in [3.05, 3.63) is 131 Å². The zero-order valence-corrected chi connectivity index (χ0v) is 42.1. The molecule has 0 aliphatic rings. The third-order valence-electron chi connectivity index (χ3n) is 8.63. The van der Waals surface area contributed by atoms with Gasteiger partial charge in [0.1, 0.15) is 39.0 Å². The fraction of sp³-hybridized carbons (Fsp3) is 0.186. The maximum Gasteiger partial charge on any atom is 0.416 e. The number of carbonyl (C=O) groups excluding carboxylic acids is 3. The van der Waals surface area contributed by atoms with E-state index in [1.807, 2.05) is 22.6 Å². The predicted molar refractivity (Wildman–Crippen MR) is 258 cm³/mol. The largest absolute Gasteiger partial charge is 0.480 e. The number of carbonyl (C=O) groups is 5. The minimum Gasteiger partial charge on any atom is -0.480 e. The third-order valence-corrected chi connectivity index (χ3v) is 11.3. The molecule has 23 nitrogen and oxygen atoms in total. The molecular formula is C43H35Cl2F3IN7O16S. The summed E-state index contributed by atoms with van der Waals surface area (Å²) in [5.74, 6) is -4.41. The van der Waals surface area contributed by atoms with Crippen molar-refractivity contribution in [2.45, 2.75) is 37.9 Å². The van der Waals surface area contributed by atoms with E-state index in [1.54, 1.807) is 42.1 Å². The Balaban J connectivity index is 0.000000248. The molecule has 0 fully saturated rings. The van der Waals surface area contributed by atoms with Crippen LogP contribution in [0.5, 0.6) is 23.3 Å². The lowest BCUT2D eigenvalue weighted by atomic mass is 10.1. The highest BCUT2D eigenvalue weighted by Crippen LogP contribution is 2.37. The maximum absolute atomic E-state index is 12.8. The first-order valence-corrected chi connectivity index (χ1v) is 23.3. The summed E-state index contributed by atoms with van der Waals surface area (Å²) in [6.07, 6.45) is -4.34. The Hall–Kier alpha value is -7.70. The van der Waals surface area contributed by atoms with E-state index in [2.05, 4.69) is 25.3 Å². The standard InChI is InChI=1S/C19H15ClF3NO7.C13H12IN5O6S.C11H8ClNO3/c1-3-29-17(25)10(2)30-18(26)13-9-12(5-6-15(13)24(27)28)31-16-7-4-11(8-14(16)20)19(21,22)23;1-6-15-11(18-13(16-6)25-2)17-12(22)19-26(23,24)9-5-7(14)3-4-8(9)10(20)21;12-8-3-4-9(16-6-10(14)15)11-7(8)2-1-5-13-11/h4-10H,3H2,1-2H3;3-5H,1-2H3,(H,20,21)(H2,15,16,17,18,19,22);1-5H,6H2,(H,14,15). The van der Waals surface area contributed by atoms with Crippen LogP contribution in [0.2, 0.25) is 10.0 Å². The second-order valence-electron chi connectivity index (χ2n) is 13.8. The number of aryl methyl sites for hydroxylation is 1. The van der Waals surface area contributed by atoms with Gasteiger partial charge in [-0.05, 0) is 110 Å². The first kappa shape index (κ1) is 57.9. The van der Waals surface area contributed by atoms with Gasteiger partial charge in [0, 0.05) is 27.3 Å². The average Bonchev–Trinajstić information content (AvgIpc) is 3.31. The Labute approximate surface area is 433 Å². The van der Waals surface area contributed by atoms with Crippen molar-refractivity contribution >= 4 is 108 Å². The number of fused-ring (bicyclic) bond motifs is 1. The zero-order chi connectivity index (χ0) is 54.4. The van der Waals surface area contributed by atoms with Crippen LogP contribution >= 0.6 is 45.8 Å². The Morgan fingerprint density at radius 1 is 0.918 bits per heavy atom. The van der Waals surface area contributed by atoms with Gasteiger partial charge in [0.15, 0.2) is 12.7 Å². The molecule has 2 aromatic heterocycles. The summed E-state index contributed by atoms with van der Waals surface area (Å²) < 4.78 is 90.1. The lowest BCUT2D eigenvalue weighted by molar-refractivity contribution is -0.385. The molecule has 0 aliphatic heterocycles. The number of nitro groups is 1. The van der Waals surface area contributed by atoms with Gasteiger partial charge >= 0.3 is 42.1 Å². The van der Waals surface area contributed by atoms with Crippen LogP contribution in [0.15, 0.2) is 90.0 Å². The number of aromatic carboxylic acids is 1. The van der Waals surface area contributed by atoms with Gasteiger partial charge < -0.3 is 33.9 Å². The molecule has 4 aromatic carbocycles. The number of carboxylic acid groups (broad SMARTS) is 2. The van der Waals surface area contributed by atoms with Crippen LogP contribution in [0.25, 0.3) is 10.9 Å². The van der Waals surface area contributed by atoms with Crippen LogP contribution in [0, 0.1) is 20.6 Å². The summed E-state index contributed by atoms with van der Waals surface area (Å²) >= 11 is 13.6. The van der Waals surface area contributed by atoms with Gasteiger partial charge in [0.05, 0.1) is 39.8 Å². The summed E-state index contributed by atoms with van der Waals surface area (Å²) in [6, 6.07) is 14.7. The second kappa shape index (κ2) is 25.6. The number of anilines is 1. The molecule has 73 heavy (non-hydrogen) atoms. The molecule has 6 aromatic rings. The highest BCUT2D eigenvalue weighted by Gasteiger charge is 2.32. The molecule has 2 amide bonds. The Morgan fingerprint density at radius 3 is 2.23 bits per heavy atom. The molecule has 0 aliphatic carbocycles. The Morgan fingerprint density at radius 2 is 1.62 bits per heavy atom. The second-order valence-corrected chi connectivity index (χ2v) is 17.5. The normalized spacial score (nSPS) is 11.3. The first-order chi connectivity index (χ1) is 34.2. The van der Waals surface area contributed by atoms with E-state index in [0.29, 0.717) is 25.9 Å². The number of hydrogen-bond acceptors (Lipinski definition) is 18. The number of carboxylic acids is 2. The number of esters is 2. The highest BCUT2D eigenvalue weighted by molar-refractivity contribution is 14.1. The van der Waals surface area contributed by atoms with Crippen molar-refractivity contribution in [3.63, 3.8) is 0 Å². The number of nitrogens with one attached hydrogen (secondary N) is 2. The number of nitrogens with zero attached hydrogens (tertiary/aromatic N) is 5. The molecule has 30 heteroatoms. The van der Waals surface area contributed by atoms with Crippen molar-refractivity contribution in [2.24, 2.45) is 0 Å². The number of benzene rings is 4. The molecule has 2 heterocycles. The summed E-state index contributed by atoms with van der Waals surface area (Å²) in [5.41, 5.74) is -2.07. The van der Waals surface area contributed by atoms with Crippen LogP contribution in [-0.2, 0) is 35.3 Å². The lowest BCUT2D eigenvalue weighted by Gasteiger charge is -2.13. The van der Waals surface area contributed by atoms with Crippen molar-refractivity contribution in [1.82, 2.24) is 24.7 Å². The summed E-state index contributed by atoms with van der Waals surface area (Å²) in [5, 5.41) is 32.0.